The average Bonchev–Trinajstić information content (AvgIpc) is 2.46. The predicted octanol–water partition coefficient (Wildman–Crippen LogP) is 3.81. The van der Waals surface area contributed by atoms with Crippen LogP contribution < -0.4 is 10.1 Å². The van der Waals surface area contributed by atoms with Crippen LogP contribution in [0.2, 0.25) is 0 Å². The lowest BCUT2D eigenvalue weighted by atomic mass is 10.1. The Morgan fingerprint density at radius 2 is 2.00 bits per heavy atom. The molecule has 0 saturated heterocycles. The van der Waals surface area contributed by atoms with Crippen LogP contribution in [0.1, 0.15) is 15.9 Å². The van der Waals surface area contributed by atoms with Crippen LogP contribution in [0.4, 0.5) is 5.69 Å². The molecule has 0 bridgehead atoms. The van der Waals surface area contributed by atoms with Gasteiger partial charge < -0.3 is 10.1 Å². The molecule has 0 spiro atoms. The van der Waals surface area contributed by atoms with Crippen LogP contribution in [0.25, 0.3) is 0 Å². The first-order valence-electron chi connectivity index (χ1n) is 6.41. The summed E-state index contributed by atoms with van der Waals surface area (Å²) >= 11 is 0. The molecule has 0 unspecified atom stereocenters. The number of ether oxygens (including phenoxy) is 1. The van der Waals surface area contributed by atoms with Crippen molar-refractivity contribution in [1.29, 1.82) is 0 Å². The first-order chi connectivity index (χ1) is 9.69. The maximum atomic E-state index is 12.1. The third-order valence-electron chi connectivity index (χ3n) is 2.77. The van der Waals surface area contributed by atoms with Gasteiger partial charge in [-0.2, -0.15) is 0 Å². The minimum atomic E-state index is -0.133. The maximum Gasteiger partial charge on any atom is 0.255 e. The number of carbonyl (C=O) groups excluding carboxylic acids is 1. The van der Waals surface area contributed by atoms with E-state index in [-0.39, 0.29) is 5.91 Å². The van der Waals surface area contributed by atoms with Crippen molar-refractivity contribution < 1.29 is 9.53 Å². The Labute approximate surface area is 118 Å². The second-order valence-corrected chi connectivity index (χ2v) is 4.45. The van der Waals surface area contributed by atoms with Gasteiger partial charge in [-0.25, -0.2) is 0 Å². The molecule has 0 fully saturated rings. The molecule has 3 heteroatoms. The molecule has 0 aromatic heterocycles. The molecule has 0 aliphatic heterocycles. The van der Waals surface area contributed by atoms with Crippen LogP contribution in [0.5, 0.6) is 5.75 Å². The summed E-state index contributed by atoms with van der Waals surface area (Å²) in [5.41, 5.74) is 2.46. The summed E-state index contributed by atoms with van der Waals surface area (Å²) in [5.74, 6) is 0.567. The molecule has 0 radical (unpaired) electrons. The zero-order valence-electron chi connectivity index (χ0n) is 11.4. The third kappa shape index (κ3) is 3.72. The fourth-order valence-electron chi connectivity index (χ4n) is 1.73. The summed E-state index contributed by atoms with van der Waals surface area (Å²) in [6, 6.07) is 14.7. The van der Waals surface area contributed by atoms with Crippen molar-refractivity contribution in [2.24, 2.45) is 0 Å². The van der Waals surface area contributed by atoms with E-state index in [0.717, 1.165) is 5.56 Å². The maximum absolute atomic E-state index is 12.1. The summed E-state index contributed by atoms with van der Waals surface area (Å²) in [6.45, 7) is 6.03. The lowest BCUT2D eigenvalue weighted by Gasteiger charge is -2.08. The smallest absolute Gasteiger partial charge is 0.255 e. The van der Waals surface area contributed by atoms with Gasteiger partial charge in [0.05, 0.1) is 0 Å². The number of aryl methyl sites for hydroxylation is 1. The number of rotatable bonds is 5. The number of nitrogens with one attached hydrogen (secondary N) is 1. The Bertz CT molecular complexity index is 603. The molecule has 102 valence electrons. The van der Waals surface area contributed by atoms with Gasteiger partial charge in [-0.1, -0.05) is 36.4 Å². The fraction of sp³-hybridized carbons (Fsp3) is 0.118. The van der Waals surface area contributed by atoms with E-state index in [9.17, 15) is 4.79 Å². The number of amides is 1. The summed E-state index contributed by atoms with van der Waals surface area (Å²) in [4.78, 5) is 12.1. The second kappa shape index (κ2) is 6.57. The molecule has 2 aromatic rings. The van der Waals surface area contributed by atoms with Crippen molar-refractivity contribution in [1.82, 2.24) is 0 Å². The monoisotopic (exact) mass is 267 g/mol. The van der Waals surface area contributed by atoms with Crippen LogP contribution in [0.15, 0.2) is 61.2 Å². The van der Waals surface area contributed by atoms with E-state index in [0.29, 0.717) is 23.6 Å². The third-order valence-corrected chi connectivity index (χ3v) is 2.77. The summed E-state index contributed by atoms with van der Waals surface area (Å²) in [6.07, 6.45) is 1.68. The lowest BCUT2D eigenvalue weighted by molar-refractivity contribution is 0.102. The van der Waals surface area contributed by atoms with E-state index < -0.39 is 0 Å². The summed E-state index contributed by atoms with van der Waals surface area (Å²) in [7, 11) is 0. The quantitative estimate of drug-likeness (QED) is 0.836. The minimum absolute atomic E-state index is 0.133. The standard InChI is InChI=1S/C17H17NO2/c1-3-11-20-16-6-4-5-15(12-16)18-17(19)14-9-7-13(2)8-10-14/h3-10,12H,1,11H2,2H3,(H,18,19). The first-order valence-corrected chi connectivity index (χ1v) is 6.41. The number of hydrogen-bond acceptors (Lipinski definition) is 2. The van der Waals surface area contributed by atoms with E-state index >= 15 is 0 Å². The predicted molar refractivity (Wildman–Crippen MR) is 81.3 cm³/mol. The molecular weight excluding hydrogens is 250 g/mol. The molecule has 2 rings (SSSR count). The van der Waals surface area contributed by atoms with E-state index in [1.165, 1.54) is 0 Å². The van der Waals surface area contributed by atoms with Gasteiger partial charge in [0.1, 0.15) is 12.4 Å². The zero-order valence-corrected chi connectivity index (χ0v) is 11.4. The van der Waals surface area contributed by atoms with E-state index in [1.54, 1.807) is 12.1 Å². The van der Waals surface area contributed by atoms with E-state index in [1.807, 2.05) is 49.4 Å². The second-order valence-electron chi connectivity index (χ2n) is 4.45. The molecule has 1 N–H and O–H groups in total. The Kier molecular flexibility index (Phi) is 4.56. The van der Waals surface area contributed by atoms with Crippen LogP contribution in [0.3, 0.4) is 0 Å². The van der Waals surface area contributed by atoms with Crippen LogP contribution >= 0.6 is 0 Å². The van der Waals surface area contributed by atoms with Crippen molar-refractivity contribution >= 4 is 11.6 Å². The molecule has 2 aromatic carbocycles. The van der Waals surface area contributed by atoms with Crippen molar-refractivity contribution in [3.05, 3.63) is 72.3 Å². The van der Waals surface area contributed by atoms with Crippen LogP contribution in [-0.4, -0.2) is 12.5 Å². The highest BCUT2D eigenvalue weighted by Gasteiger charge is 2.06. The summed E-state index contributed by atoms with van der Waals surface area (Å²) in [5, 5.41) is 2.85. The van der Waals surface area contributed by atoms with E-state index in [4.69, 9.17) is 4.74 Å². The molecule has 0 heterocycles. The lowest BCUT2D eigenvalue weighted by Crippen LogP contribution is -2.11. The SMILES string of the molecule is C=CCOc1cccc(NC(=O)c2ccc(C)cc2)c1. The Morgan fingerprint density at radius 3 is 2.70 bits per heavy atom. The topological polar surface area (TPSA) is 38.3 Å². The van der Waals surface area contributed by atoms with Crippen molar-refractivity contribution in [3.8, 4) is 5.75 Å². The molecule has 3 nitrogen and oxygen atoms in total. The van der Waals surface area contributed by atoms with Gasteiger partial charge in [0, 0.05) is 17.3 Å². The van der Waals surface area contributed by atoms with Crippen LogP contribution in [0, 0.1) is 6.92 Å². The van der Waals surface area contributed by atoms with Gasteiger partial charge in [0.15, 0.2) is 0 Å². The Balaban J connectivity index is 2.07. The van der Waals surface area contributed by atoms with Gasteiger partial charge in [0.2, 0.25) is 0 Å². The molecule has 0 aliphatic rings. The normalized spacial score (nSPS) is 9.85. The van der Waals surface area contributed by atoms with Gasteiger partial charge in [-0.05, 0) is 31.2 Å². The average molecular weight is 267 g/mol. The van der Waals surface area contributed by atoms with Crippen molar-refractivity contribution in [3.63, 3.8) is 0 Å². The molecule has 0 aliphatic carbocycles. The highest BCUT2D eigenvalue weighted by atomic mass is 16.5. The Morgan fingerprint density at radius 1 is 1.25 bits per heavy atom. The number of benzene rings is 2. The Hall–Kier alpha value is -2.55. The largest absolute Gasteiger partial charge is 0.489 e. The van der Waals surface area contributed by atoms with Gasteiger partial charge in [0.25, 0.3) is 5.91 Å². The summed E-state index contributed by atoms with van der Waals surface area (Å²) < 4.78 is 5.43. The highest BCUT2D eigenvalue weighted by molar-refractivity contribution is 6.04. The van der Waals surface area contributed by atoms with Gasteiger partial charge in [-0.15, -0.1) is 0 Å². The van der Waals surface area contributed by atoms with Gasteiger partial charge >= 0.3 is 0 Å². The number of hydrogen-bond donors (Lipinski definition) is 1. The number of carbonyl (C=O) groups is 1. The first kappa shape index (κ1) is 13.9. The van der Waals surface area contributed by atoms with Gasteiger partial charge in [-0.3, -0.25) is 4.79 Å². The molecule has 0 saturated carbocycles. The minimum Gasteiger partial charge on any atom is -0.489 e. The molecular formula is C17H17NO2. The van der Waals surface area contributed by atoms with E-state index in [2.05, 4.69) is 11.9 Å². The highest BCUT2D eigenvalue weighted by Crippen LogP contribution is 2.18. The molecule has 20 heavy (non-hydrogen) atoms. The van der Waals surface area contributed by atoms with Crippen LogP contribution in [-0.2, 0) is 0 Å². The molecule has 0 atom stereocenters. The van der Waals surface area contributed by atoms with Crippen molar-refractivity contribution in [2.45, 2.75) is 6.92 Å². The fourth-order valence-corrected chi connectivity index (χ4v) is 1.73. The molecule has 1 amide bonds. The van der Waals surface area contributed by atoms with Crippen molar-refractivity contribution in [2.75, 3.05) is 11.9 Å². The zero-order chi connectivity index (χ0) is 14.4. The number of anilines is 1.